The number of aromatic nitrogens is 1. The predicted octanol–water partition coefficient (Wildman–Crippen LogP) is 5.66. The highest BCUT2D eigenvalue weighted by atomic mass is 32.2. The maximum absolute atomic E-state index is 12.4. The average Bonchev–Trinajstić information content (AvgIpc) is 3.39. The molecule has 8 heteroatoms. The molecule has 5 rings (SSSR count). The number of carbonyl (C=O) groups excluding carboxylic acids is 1. The molecule has 0 saturated carbocycles. The number of hydrogen-bond acceptors (Lipinski definition) is 7. The van der Waals surface area contributed by atoms with E-state index in [4.69, 9.17) is 4.42 Å². The minimum Gasteiger partial charge on any atom is -0.507 e. The Morgan fingerprint density at radius 1 is 1.06 bits per heavy atom. The Morgan fingerprint density at radius 2 is 1.84 bits per heavy atom. The molecule has 0 spiro atoms. The first-order valence-electron chi connectivity index (χ1n) is 9.34. The van der Waals surface area contributed by atoms with Crippen LogP contribution in [-0.2, 0) is 0 Å². The number of fused-ring (bicyclic) bond motifs is 2. The highest BCUT2D eigenvalue weighted by Crippen LogP contribution is 2.34. The van der Waals surface area contributed by atoms with Gasteiger partial charge in [-0.1, -0.05) is 36.4 Å². The minimum absolute atomic E-state index is 0.0982. The molecule has 0 aliphatic heterocycles. The fourth-order valence-corrected chi connectivity index (χ4v) is 5.03. The van der Waals surface area contributed by atoms with E-state index in [1.54, 1.807) is 29.5 Å². The lowest BCUT2D eigenvalue weighted by molar-refractivity contribution is 0.0952. The first-order valence-corrected chi connectivity index (χ1v) is 11.0. The molecule has 1 amide bonds. The number of furan rings is 1. The molecule has 0 fully saturated rings. The summed E-state index contributed by atoms with van der Waals surface area (Å²) in [7, 11) is 0. The lowest BCUT2D eigenvalue weighted by atomic mass is 10.1. The summed E-state index contributed by atoms with van der Waals surface area (Å²) >= 11 is 3.03. The van der Waals surface area contributed by atoms with E-state index < -0.39 is 5.91 Å². The van der Waals surface area contributed by atoms with Gasteiger partial charge in [-0.05, 0) is 58.9 Å². The van der Waals surface area contributed by atoms with Crippen molar-refractivity contribution in [3.63, 3.8) is 0 Å². The van der Waals surface area contributed by atoms with Gasteiger partial charge in [0.1, 0.15) is 11.5 Å². The number of phenols is 1. The van der Waals surface area contributed by atoms with Gasteiger partial charge in [-0.2, -0.15) is 5.10 Å². The van der Waals surface area contributed by atoms with Crippen molar-refractivity contribution < 1.29 is 14.3 Å². The van der Waals surface area contributed by atoms with E-state index in [-0.39, 0.29) is 11.3 Å². The van der Waals surface area contributed by atoms with Gasteiger partial charge >= 0.3 is 0 Å². The Hall–Kier alpha value is -3.62. The summed E-state index contributed by atoms with van der Waals surface area (Å²) in [6.45, 7) is 0. The van der Waals surface area contributed by atoms with Gasteiger partial charge < -0.3 is 9.52 Å². The molecule has 2 heterocycles. The Bertz CT molecular complexity index is 1410. The zero-order valence-corrected chi connectivity index (χ0v) is 17.6. The summed E-state index contributed by atoms with van der Waals surface area (Å²) < 4.78 is 7.74. The lowest BCUT2D eigenvalue weighted by Gasteiger charge is -2.05. The van der Waals surface area contributed by atoms with Gasteiger partial charge in [0.05, 0.1) is 22.0 Å². The van der Waals surface area contributed by atoms with Crippen LogP contribution in [0.5, 0.6) is 5.75 Å². The maximum Gasteiger partial charge on any atom is 0.275 e. The molecular formula is C23H15N3O3S2. The number of amides is 1. The molecule has 3 aromatic carbocycles. The first kappa shape index (κ1) is 19.3. The van der Waals surface area contributed by atoms with Gasteiger partial charge in [-0.3, -0.25) is 4.79 Å². The van der Waals surface area contributed by atoms with Crippen LogP contribution in [0.4, 0.5) is 0 Å². The number of rotatable bonds is 5. The molecule has 0 atom stereocenters. The number of hydrazone groups is 1. The largest absolute Gasteiger partial charge is 0.507 e. The highest BCUT2D eigenvalue weighted by molar-refractivity contribution is 8.01. The number of nitrogens with one attached hydrogen (secondary N) is 1. The Morgan fingerprint density at radius 3 is 2.68 bits per heavy atom. The molecule has 5 aromatic rings. The Kier molecular flexibility index (Phi) is 5.15. The van der Waals surface area contributed by atoms with Crippen LogP contribution < -0.4 is 5.43 Å². The van der Waals surface area contributed by atoms with Crippen molar-refractivity contribution in [2.24, 2.45) is 5.10 Å². The van der Waals surface area contributed by atoms with Crippen molar-refractivity contribution in [3.8, 4) is 5.75 Å². The van der Waals surface area contributed by atoms with E-state index in [0.29, 0.717) is 10.9 Å². The van der Waals surface area contributed by atoms with Crippen LogP contribution >= 0.6 is 23.1 Å². The van der Waals surface area contributed by atoms with Crippen LogP contribution in [0.25, 0.3) is 21.0 Å². The third-order valence-corrected chi connectivity index (χ3v) is 6.55. The van der Waals surface area contributed by atoms with Gasteiger partial charge in [0.25, 0.3) is 5.91 Å². The molecule has 0 radical (unpaired) electrons. The predicted molar refractivity (Wildman–Crippen MR) is 123 cm³/mol. The van der Waals surface area contributed by atoms with Crippen LogP contribution in [0.2, 0.25) is 0 Å². The molecule has 2 aromatic heterocycles. The second-order valence-corrected chi connectivity index (χ2v) is 8.90. The van der Waals surface area contributed by atoms with Crippen molar-refractivity contribution in [2.75, 3.05) is 0 Å². The number of thiazole rings is 1. The fraction of sp³-hybridized carbons (Fsp3) is 0. The summed E-state index contributed by atoms with van der Waals surface area (Å²) in [6, 6.07) is 22.2. The molecule has 2 N–H and O–H groups in total. The number of carbonyl (C=O) groups is 1. The summed E-state index contributed by atoms with van der Waals surface area (Å²) in [4.78, 5) is 17.0. The van der Waals surface area contributed by atoms with E-state index in [9.17, 15) is 9.90 Å². The highest BCUT2D eigenvalue weighted by Gasteiger charge is 2.12. The quantitative estimate of drug-likeness (QED) is 0.269. The van der Waals surface area contributed by atoms with E-state index in [2.05, 4.69) is 15.5 Å². The molecule has 0 aliphatic carbocycles. The third-order valence-electron chi connectivity index (χ3n) is 4.53. The normalized spacial score (nSPS) is 11.5. The minimum atomic E-state index is -0.505. The molecule has 0 aliphatic rings. The number of aromatic hydroxyl groups is 1. The number of hydrogen-bond donors (Lipinski definition) is 2. The topological polar surface area (TPSA) is 87.7 Å². The average molecular weight is 446 g/mol. The summed E-state index contributed by atoms with van der Waals surface area (Å²) in [5.74, 6) is -0.110. The Balaban J connectivity index is 1.25. The standard InChI is InChI=1S/C23H15N3O3S2/c27-19-12-15-6-2-1-5-14(15)11-17(19)22(28)26-24-13-16-9-10-21(29-16)31-23-25-18-7-3-4-8-20(18)30-23/h1-13,27H,(H,26,28)/b24-13-. The summed E-state index contributed by atoms with van der Waals surface area (Å²) in [6.07, 6.45) is 1.42. The molecular weight excluding hydrogens is 430 g/mol. The molecule has 6 nitrogen and oxygen atoms in total. The lowest BCUT2D eigenvalue weighted by Crippen LogP contribution is -2.17. The summed E-state index contributed by atoms with van der Waals surface area (Å²) in [5.41, 5.74) is 3.54. The van der Waals surface area contributed by atoms with Crippen LogP contribution in [-0.4, -0.2) is 22.2 Å². The number of phenolic OH excluding ortho intramolecular Hbond substituents is 1. The first-order chi connectivity index (χ1) is 15.2. The number of para-hydroxylation sites is 1. The van der Waals surface area contributed by atoms with Gasteiger partial charge in [0.15, 0.2) is 9.43 Å². The van der Waals surface area contributed by atoms with Crippen molar-refractivity contribution in [1.82, 2.24) is 10.4 Å². The van der Waals surface area contributed by atoms with Gasteiger partial charge in [-0.15, -0.1) is 11.3 Å². The van der Waals surface area contributed by atoms with Crippen molar-refractivity contribution in [1.29, 1.82) is 0 Å². The van der Waals surface area contributed by atoms with E-state index in [1.165, 1.54) is 18.0 Å². The SMILES string of the molecule is O=C(N/N=C\c1ccc(Sc2nc3ccccc3s2)o1)c1cc2ccccc2cc1O. The van der Waals surface area contributed by atoms with Crippen LogP contribution in [0.15, 0.2) is 91.7 Å². The van der Waals surface area contributed by atoms with Gasteiger partial charge in [-0.25, -0.2) is 10.4 Å². The monoisotopic (exact) mass is 445 g/mol. The van der Waals surface area contributed by atoms with Crippen LogP contribution in [0.3, 0.4) is 0 Å². The second kappa shape index (κ2) is 8.25. The smallest absolute Gasteiger partial charge is 0.275 e. The zero-order chi connectivity index (χ0) is 21.2. The molecule has 152 valence electrons. The maximum atomic E-state index is 12.4. The van der Waals surface area contributed by atoms with Crippen molar-refractivity contribution >= 4 is 56.2 Å². The van der Waals surface area contributed by atoms with Crippen LogP contribution in [0.1, 0.15) is 16.1 Å². The van der Waals surface area contributed by atoms with E-state index >= 15 is 0 Å². The second-order valence-electron chi connectivity index (χ2n) is 6.62. The van der Waals surface area contributed by atoms with E-state index in [0.717, 1.165) is 25.3 Å². The summed E-state index contributed by atoms with van der Waals surface area (Å²) in [5, 5.41) is 16.5. The molecule has 0 bridgehead atoms. The van der Waals surface area contributed by atoms with E-state index in [1.807, 2.05) is 54.6 Å². The number of benzene rings is 3. The fourth-order valence-electron chi connectivity index (χ4n) is 3.06. The zero-order valence-electron chi connectivity index (χ0n) is 16.0. The van der Waals surface area contributed by atoms with Gasteiger partial charge in [0, 0.05) is 0 Å². The molecule has 31 heavy (non-hydrogen) atoms. The van der Waals surface area contributed by atoms with Crippen LogP contribution in [0, 0.1) is 0 Å². The number of nitrogens with zero attached hydrogens (tertiary/aromatic N) is 2. The van der Waals surface area contributed by atoms with Crippen molar-refractivity contribution in [3.05, 3.63) is 84.1 Å². The molecule has 0 saturated heterocycles. The Labute approximate surface area is 185 Å². The molecule has 0 unspecified atom stereocenters. The third kappa shape index (κ3) is 4.16. The van der Waals surface area contributed by atoms with Crippen molar-refractivity contribution in [2.45, 2.75) is 9.43 Å². The van der Waals surface area contributed by atoms with Gasteiger partial charge in [0.2, 0.25) is 0 Å².